The standard InChI is InChI=1S/C25H24N2O5/c1-15(28)23-22(16-5-8-18(30-2)9-6-16)25(14-26,24(29)32-4)21-12-7-17-13-19(31-3)10-11-20(17)27(21)23/h5-13,21-23H,1-4H3. The van der Waals surface area contributed by atoms with Gasteiger partial charge in [0.25, 0.3) is 0 Å². The Morgan fingerprint density at radius 3 is 2.25 bits per heavy atom. The Labute approximate surface area is 186 Å². The molecule has 0 amide bonds. The van der Waals surface area contributed by atoms with Crippen LogP contribution in [0.5, 0.6) is 11.5 Å². The summed E-state index contributed by atoms with van der Waals surface area (Å²) in [6.07, 6.45) is 3.67. The van der Waals surface area contributed by atoms with Gasteiger partial charge in [0, 0.05) is 17.2 Å². The highest BCUT2D eigenvalue weighted by atomic mass is 16.5. The van der Waals surface area contributed by atoms with Gasteiger partial charge in [-0.05, 0) is 42.8 Å². The summed E-state index contributed by atoms with van der Waals surface area (Å²) in [6.45, 7) is 1.49. The third-order valence-corrected chi connectivity index (χ3v) is 6.44. The molecular weight excluding hydrogens is 408 g/mol. The van der Waals surface area contributed by atoms with Gasteiger partial charge in [-0.3, -0.25) is 9.59 Å². The van der Waals surface area contributed by atoms with Crippen LogP contribution in [0.4, 0.5) is 5.69 Å². The molecule has 2 aliphatic heterocycles. The molecule has 1 saturated heterocycles. The van der Waals surface area contributed by atoms with Crippen LogP contribution in [0.1, 0.15) is 24.0 Å². The van der Waals surface area contributed by atoms with E-state index < -0.39 is 29.4 Å². The molecule has 32 heavy (non-hydrogen) atoms. The smallest absolute Gasteiger partial charge is 0.329 e. The van der Waals surface area contributed by atoms with Crippen molar-refractivity contribution in [3.63, 3.8) is 0 Å². The molecule has 0 bridgehead atoms. The number of benzene rings is 2. The number of nitriles is 1. The van der Waals surface area contributed by atoms with Crippen LogP contribution in [0.15, 0.2) is 48.5 Å². The number of ether oxygens (including phenoxy) is 3. The van der Waals surface area contributed by atoms with Crippen molar-refractivity contribution in [2.45, 2.75) is 24.9 Å². The lowest BCUT2D eigenvalue weighted by molar-refractivity contribution is -0.150. The van der Waals surface area contributed by atoms with Crippen LogP contribution >= 0.6 is 0 Å². The Morgan fingerprint density at radius 1 is 1.03 bits per heavy atom. The molecule has 164 valence electrons. The van der Waals surface area contributed by atoms with E-state index in [1.165, 1.54) is 14.0 Å². The fraction of sp³-hybridized carbons (Fsp3) is 0.320. The van der Waals surface area contributed by atoms with E-state index in [1.54, 1.807) is 50.6 Å². The molecule has 0 N–H and O–H groups in total. The number of hydrogen-bond donors (Lipinski definition) is 0. The Balaban J connectivity index is 1.98. The highest BCUT2D eigenvalue weighted by Crippen LogP contribution is 2.56. The summed E-state index contributed by atoms with van der Waals surface area (Å²) in [5.41, 5.74) is 0.682. The lowest BCUT2D eigenvalue weighted by Crippen LogP contribution is -2.46. The zero-order chi connectivity index (χ0) is 23.0. The van der Waals surface area contributed by atoms with Gasteiger partial charge in [0.2, 0.25) is 0 Å². The number of esters is 1. The topological polar surface area (TPSA) is 88.9 Å². The average molecular weight is 432 g/mol. The number of rotatable bonds is 5. The second kappa shape index (κ2) is 8.04. The largest absolute Gasteiger partial charge is 0.497 e. The van der Waals surface area contributed by atoms with Gasteiger partial charge >= 0.3 is 5.97 Å². The summed E-state index contributed by atoms with van der Waals surface area (Å²) in [5, 5.41) is 10.5. The van der Waals surface area contributed by atoms with E-state index in [2.05, 4.69) is 6.07 Å². The molecule has 0 aliphatic carbocycles. The zero-order valence-corrected chi connectivity index (χ0v) is 18.4. The maximum atomic E-state index is 13.2. The quantitative estimate of drug-likeness (QED) is 0.670. The van der Waals surface area contributed by atoms with Crippen molar-refractivity contribution in [2.75, 3.05) is 26.2 Å². The maximum absolute atomic E-state index is 13.2. The Kier molecular flexibility index (Phi) is 5.39. The molecule has 2 aromatic rings. The molecule has 1 fully saturated rings. The molecule has 2 heterocycles. The van der Waals surface area contributed by atoms with Gasteiger partial charge in [0.05, 0.1) is 39.5 Å². The fourth-order valence-electron chi connectivity index (χ4n) is 5.04. The highest BCUT2D eigenvalue weighted by Gasteiger charge is 2.66. The summed E-state index contributed by atoms with van der Waals surface area (Å²) in [4.78, 5) is 28.2. The van der Waals surface area contributed by atoms with E-state index in [0.29, 0.717) is 17.1 Å². The third kappa shape index (κ3) is 2.94. The van der Waals surface area contributed by atoms with Crippen LogP contribution in [0, 0.1) is 16.7 Å². The van der Waals surface area contributed by atoms with Crippen LogP contribution in [0.25, 0.3) is 6.08 Å². The highest BCUT2D eigenvalue weighted by molar-refractivity contribution is 5.96. The normalized spacial score (nSPS) is 25.3. The minimum absolute atomic E-state index is 0.145. The predicted octanol–water partition coefficient (Wildman–Crippen LogP) is 3.34. The molecule has 7 heteroatoms. The predicted molar refractivity (Wildman–Crippen MR) is 119 cm³/mol. The van der Waals surface area contributed by atoms with Gasteiger partial charge in [0.15, 0.2) is 11.2 Å². The van der Waals surface area contributed by atoms with Crippen LogP contribution < -0.4 is 14.4 Å². The van der Waals surface area contributed by atoms with E-state index in [0.717, 1.165) is 11.3 Å². The summed E-state index contributed by atoms with van der Waals surface area (Å²) >= 11 is 0. The third-order valence-electron chi connectivity index (χ3n) is 6.44. The first-order chi connectivity index (χ1) is 15.4. The molecule has 7 nitrogen and oxygen atoms in total. The number of Topliss-reactive ketones (excluding diaryl/α,β-unsaturated/α-hetero) is 1. The number of anilines is 1. The number of hydrogen-bond acceptors (Lipinski definition) is 7. The van der Waals surface area contributed by atoms with Crippen molar-refractivity contribution in [2.24, 2.45) is 5.41 Å². The first-order valence-corrected chi connectivity index (χ1v) is 10.2. The number of carbonyl (C=O) groups excluding carboxylic acids is 2. The van der Waals surface area contributed by atoms with Crippen LogP contribution in [-0.4, -0.2) is 45.2 Å². The van der Waals surface area contributed by atoms with E-state index >= 15 is 0 Å². The molecular formula is C25H24N2O5. The number of fused-ring (bicyclic) bond motifs is 3. The van der Waals surface area contributed by atoms with Crippen LogP contribution in [-0.2, 0) is 14.3 Å². The molecule has 0 spiro atoms. The molecule has 4 unspecified atom stereocenters. The van der Waals surface area contributed by atoms with Crippen molar-refractivity contribution >= 4 is 23.5 Å². The van der Waals surface area contributed by atoms with Crippen molar-refractivity contribution < 1.29 is 23.8 Å². The Hall–Kier alpha value is -3.79. The first-order valence-electron chi connectivity index (χ1n) is 10.2. The summed E-state index contributed by atoms with van der Waals surface area (Å²) in [7, 11) is 4.42. The number of carbonyl (C=O) groups is 2. The fourth-order valence-corrected chi connectivity index (χ4v) is 5.04. The Bertz CT molecular complexity index is 1130. The summed E-state index contributed by atoms with van der Waals surface area (Å²) in [6, 6.07) is 13.5. The first kappa shape index (κ1) is 21.4. The van der Waals surface area contributed by atoms with Gasteiger partial charge in [0.1, 0.15) is 11.5 Å². The van der Waals surface area contributed by atoms with Crippen molar-refractivity contribution in [3.8, 4) is 17.6 Å². The zero-order valence-electron chi connectivity index (χ0n) is 18.4. The molecule has 2 aromatic carbocycles. The van der Waals surface area contributed by atoms with E-state index in [4.69, 9.17) is 14.2 Å². The lowest BCUT2D eigenvalue weighted by Gasteiger charge is -2.36. The number of ketones is 1. The van der Waals surface area contributed by atoms with Crippen molar-refractivity contribution in [1.29, 1.82) is 5.26 Å². The van der Waals surface area contributed by atoms with E-state index in [9.17, 15) is 14.9 Å². The second-order valence-corrected chi connectivity index (χ2v) is 7.91. The van der Waals surface area contributed by atoms with Gasteiger partial charge in [-0.15, -0.1) is 0 Å². The average Bonchev–Trinajstić information content (AvgIpc) is 3.15. The molecule has 0 radical (unpaired) electrons. The molecule has 0 aromatic heterocycles. The summed E-state index contributed by atoms with van der Waals surface area (Å²) in [5.74, 6) is -0.236. The van der Waals surface area contributed by atoms with E-state index in [-0.39, 0.29) is 5.78 Å². The van der Waals surface area contributed by atoms with Crippen LogP contribution in [0.2, 0.25) is 0 Å². The minimum Gasteiger partial charge on any atom is -0.497 e. The van der Waals surface area contributed by atoms with Crippen molar-refractivity contribution in [1.82, 2.24) is 0 Å². The molecule has 0 saturated carbocycles. The maximum Gasteiger partial charge on any atom is 0.329 e. The molecule has 4 atom stereocenters. The monoisotopic (exact) mass is 432 g/mol. The van der Waals surface area contributed by atoms with Gasteiger partial charge in [-0.2, -0.15) is 5.26 Å². The number of nitrogens with zero attached hydrogens (tertiary/aromatic N) is 2. The number of methoxy groups -OCH3 is 3. The summed E-state index contributed by atoms with van der Waals surface area (Å²) < 4.78 is 15.7. The second-order valence-electron chi connectivity index (χ2n) is 7.91. The van der Waals surface area contributed by atoms with E-state index in [1.807, 2.05) is 23.1 Å². The van der Waals surface area contributed by atoms with Gasteiger partial charge in [-0.25, -0.2) is 0 Å². The van der Waals surface area contributed by atoms with Gasteiger partial charge < -0.3 is 19.1 Å². The van der Waals surface area contributed by atoms with Gasteiger partial charge in [-0.1, -0.05) is 24.3 Å². The minimum atomic E-state index is -1.62. The Morgan fingerprint density at radius 2 is 1.69 bits per heavy atom. The lowest BCUT2D eigenvalue weighted by atomic mass is 9.68. The molecule has 2 aliphatic rings. The molecule has 4 rings (SSSR count). The SMILES string of the molecule is COC(=O)C1(C#N)C(c2ccc(OC)cc2)C(C(C)=O)N2c3ccc(OC)cc3C=CC21. The van der Waals surface area contributed by atoms with Crippen LogP contribution in [0.3, 0.4) is 0 Å². The van der Waals surface area contributed by atoms with Crippen molar-refractivity contribution in [3.05, 3.63) is 59.7 Å².